The lowest BCUT2D eigenvalue weighted by atomic mass is 9.81. The number of carboxylic acids is 1. The van der Waals surface area contributed by atoms with Crippen molar-refractivity contribution in [1.29, 1.82) is 0 Å². The summed E-state index contributed by atoms with van der Waals surface area (Å²) < 4.78 is 0. The normalized spacial score (nSPS) is 13.5. The third kappa shape index (κ3) is 3.07. The first kappa shape index (κ1) is 12.7. The third-order valence-corrected chi connectivity index (χ3v) is 2.74. The van der Waals surface area contributed by atoms with E-state index < -0.39 is 17.5 Å². The Bertz CT molecular complexity index is 381. The standard InChI is InChI=1S/C13H18O3/c1-9(14)10-5-4-6-11(7-10)13(2,3)8-12(15)16/h4-7,9,14H,8H2,1-3H3,(H,15,16). The van der Waals surface area contributed by atoms with Crippen LogP contribution in [0, 0.1) is 0 Å². The number of benzene rings is 1. The Morgan fingerprint density at radius 3 is 2.56 bits per heavy atom. The van der Waals surface area contributed by atoms with Crippen LogP contribution in [0.5, 0.6) is 0 Å². The van der Waals surface area contributed by atoms with Crippen LogP contribution >= 0.6 is 0 Å². The van der Waals surface area contributed by atoms with Crippen LogP contribution in [0.15, 0.2) is 24.3 Å². The van der Waals surface area contributed by atoms with Gasteiger partial charge in [0.1, 0.15) is 0 Å². The van der Waals surface area contributed by atoms with E-state index in [1.807, 2.05) is 38.1 Å². The van der Waals surface area contributed by atoms with Crippen molar-refractivity contribution >= 4 is 5.97 Å². The second-order valence-electron chi connectivity index (χ2n) is 4.76. The molecule has 1 atom stereocenters. The summed E-state index contributed by atoms with van der Waals surface area (Å²) in [6, 6.07) is 7.45. The first-order valence-electron chi connectivity index (χ1n) is 5.33. The molecule has 16 heavy (non-hydrogen) atoms. The van der Waals surface area contributed by atoms with Gasteiger partial charge in [-0.15, -0.1) is 0 Å². The third-order valence-electron chi connectivity index (χ3n) is 2.74. The van der Waals surface area contributed by atoms with Gasteiger partial charge in [-0.3, -0.25) is 4.79 Å². The fraction of sp³-hybridized carbons (Fsp3) is 0.462. The Labute approximate surface area is 95.7 Å². The summed E-state index contributed by atoms with van der Waals surface area (Å²) in [6.45, 7) is 5.48. The first-order chi connectivity index (χ1) is 7.33. The number of carbonyl (C=O) groups is 1. The summed E-state index contributed by atoms with van der Waals surface area (Å²) in [5.74, 6) is -0.813. The molecule has 3 nitrogen and oxygen atoms in total. The zero-order valence-electron chi connectivity index (χ0n) is 9.90. The number of hydrogen-bond acceptors (Lipinski definition) is 2. The van der Waals surface area contributed by atoms with Crippen molar-refractivity contribution in [2.45, 2.75) is 38.7 Å². The molecule has 0 fully saturated rings. The molecular weight excluding hydrogens is 204 g/mol. The smallest absolute Gasteiger partial charge is 0.304 e. The van der Waals surface area contributed by atoms with E-state index in [2.05, 4.69) is 0 Å². The summed E-state index contributed by atoms with van der Waals surface area (Å²) >= 11 is 0. The number of rotatable bonds is 4. The molecule has 1 unspecified atom stereocenters. The maximum absolute atomic E-state index is 10.8. The van der Waals surface area contributed by atoms with Crippen LogP contribution in [0.1, 0.15) is 44.4 Å². The maximum atomic E-state index is 10.8. The molecular formula is C13H18O3. The van der Waals surface area contributed by atoms with Crippen LogP contribution in [-0.4, -0.2) is 16.2 Å². The van der Waals surface area contributed by atoms with Gasteiger partial charge in [-0.1, -0.05) is 38.1 Å². The predicted octanol–water partition coefficient (Wildman–Crippen LogP) is 2.49. The van der Waals surface area contributed by atoms with Gasteiger partial charge in [-0.2, -0.15) is 0 Å². The van der Waals surface area contributed by atoms with Gasteiger partial charge in [0.15, 0.2) is 0 Å². The molecule has 1 aromatic rings. The Kier molecular flexibility index (Phi) is 3.70. The summed E-state index contributed by atoms with van der Waals surface area (Å²) in [6.07, 6.45) is -0.448. The van der Waals surface area contributed by atoms with Gasteiger partial charge in [0, 0.05) is 5.41 Å². The highest BCUT2D eigenvalue weighted by Crippen LogP contribution is 2.28. The summed E-state index contributed by atoms with van der Waals surface area (Å²) in [7, 11) is 0. The molecule has 1 aromatic carbocycles. The van der Waals surface area contributed by atoms with E-state index in [-0.39, 0.29) is 6.42 Å². The largest absolute Gasteiger partial charge is 0.481 e. The molecule has 0 saturated heterocycles. The first-order valence-corrected chi connectivity index (χ1v) is 5.33. The van der Waals surface area contributed by atoms with Crippen molar-refractivity contribution in [1.82, 2.24) is 0 Å². The van der Waals surface area contributed by atoms with Crippen LogP contribution in [0.3, 0.4) is 0 Å². The van der Waals surface area contributed by atoms with Gasteiger partial charge >= 0.3 is 5.97 Å². The number of aliphatic hydroxyl groups is 1. The molecule has 0 radical (unpaired) electrons. The van der Waals surface area contributed by atoms with Gasteiger partial charge in [-0.05, 0) is 18.1 Å². The quantitative estimate of drug-likeness (QED) is 0.822. The molecule has 0 aliphatic carbocycles. The van der Waals surface area contributed by atoms with Crippen LogP contribution in [0.25, 0.3) is 0 Å². The van der Waals surface area contributed by atoms with Gasteiger partial charge in [0.05, 0.1) is 12.5 Å². The van der Waals surface area contributed by atoms with Gasteiger partial charge in [0.25, 0.3) is 0 Å². The second-order valence-corrected chi connectivity index (χ2v) is 4.76. The number of hydrogen-bond donors (Lipinski definition) is 2. The van der Waals surface area contributed by atoms with E-state index in [0.29, 0.717) is 0 Å². The Morgan fingerprint density at radius 2 is 2.06 bits per heavy atom. The van der Waals surface area contributed by atoms with Crippen molar-refractivity contribution < 1.29 is 15.0 Å². The Morgan fingerprint density at radius 1 is 1.44 bits per heavy atom. The van der Waals surface area contributed by atoms with Crippen molar-refractivity contribution in [3.8, 4) is 0 Å². The van der Waals surface area contributed by atoms with Crippen molar-refractivity contribution in [3.05, 3.63) is 35.4 Å². The van der Waals surface area contributed by atoms with E-state index in [4.69, 9.17) is 5.11 Å². The van der Waals surface area contributed by atoms with Gasteiger partial charge in [0.2, 0.25) is 0 Å². The molecule has 0 bridgehead atoms. The van der Waals surface area contributed by atoms with Gasteiger partial charge in [-0.25, -0.2) is 0 Å². The zero-order valence-corrected chi connectivity index (χ0v) is 9.90. The average Bonchev–Trinajstić information content (AvgIpc) is 2.16. The topological polar surface area (TPSA) is 57.5 Å². The van der Waals surface area contributed by atoms with Crippen LogP contribution in [0.2, 0.25) is 0 Å². The average molecular weight is 222 g/mol. The fourth-order valence-electron chi connectivity index (χ4n) is 1.70. The molecule has 88 valence electrons. The number of aliphatic carboxylic acids is 1. The highest BCUT2D eigenvalue weighted by molar-refractivity contribution is 5.68. The lowest BCUT2D eigenvalue weighted by Crippen LogP contribution is -2.21. The molecule has 0 aromatic heterocycles. The van der Waals surface area contributed by atoms with Crippen LogP contribution in [0.4, 0.5) is 0 Å². The van der Waals surface area contributed by atoms with Crippen molar-refractivity contribution in [2.75, 3.05) is 0 Å². The molecule has 1 rings (SSSR count). The highest BCUT2D eigenvalue weighted by atomic mass is 16.4. The van der Waals surface area contributed by atoms with Crippen molar-refractivity contribution in [3.63, 3.8) is 0 Å². The Balaban J connectivity index is 3.03. The molecule has 0 amide bonds. The van der Waals surface area contributed by atoms with E-state index in [9.17, 15) is 9.90 Å². The summed E-state index contributed by atoms with van der Waals surface area (Å²) in [5.41, 5.74) is 1.33. The van der Waals surface area contributed by atoms with Crippen molar-refractivity contribution in [2.24, 2.45) is 0 Å². The molecule has 0 aliphatic rings. The van der Waals surface area contributed by atoms with Gasteiger partial charge < -0.3 is 10.2 Å². The number of aliphatic hydroxyl groups excluding tert-OH is 1. The van der Waals surface area contributed by atoms with E-state index in [1.54, 1.807) is 6.92 Å². The molecule has 2 N–H and O–H groups in total. The summed E-state index contributed by atoms with van der Waals surface area (Å²) in [5, 5.41) is 18.3. The maximum Gasteiger partial charge on any atom is 0.304 e. The minimum absolute atomic E-state index is 0.0796. The van der Waals surface area contributed by atoms with E-state index in [1.165, 1.54) is 0 Å². The van der Waals surface area contributed by atoms with Crippen LogP contribution in [-0.2, 0) is 10.2 Å². The SMILES string of the molecule is CC(O)c1cccc(C(C)(C)CC(=O)O)c1. The van der Waals surface area contributed by atoms with Crippen LogP contribution < -0.4 is 0 Å². The lowest BCUT2D eigenvalue weighted by molar-refractivity contribution is -0.138. The minimum atomic E-state index is -0.813. The lowest BCUT2D eigenvalue weighted by Gasteiger charge is -2.24. The van der Waals surface area contributed by atoms with E-state index in [0.717, 1.165) is 11.1 Å². The predicted molar refractivity (Wildman–Crippen MR) is 62.4 cm³/mol. The molecule has 0 aliphatic heterocycles. The summed E-state index contributed by atoms with van der Waals surface area (Å²) in [4.78, 5) is 10.8. The highest BCUT2D eigenvalue weighted by Gasteiger charge is 2.24. The molecule has 3 heteroatoms. The molecule has 0 saturated carbocycles. The Hall–Kier alpha value is -1.35. The monoisotopic (exact) mass is 222 g/mol. The minimum Gasteiger partial charge on any atom is -0.481 e. The fourth-order valence-corrected chi connectivity index (χ4v) is 1.70. The second kappa shape index (κ2) is 4.66. The number of carboxylic acid groups (broad SMARTS) is 1. The van der Waals surface area contributed by atoms with E-state index >= 15 is 0 Å². The molecule has 0 heterocycles. The zero-order chi connectivity index (χ0) is 12.3. The molecule has 0 spiro atoms.